The molecule has 1 aliphatic heterocycles. The topological polar surface area (TPSA) is 98.7 Å². The van der Waals surface area contributed by atoms with Gasteiger partial charge in [0.2, 0.25) is 5.91 Å². The number of aromatic carboxylic acids is 1. The van der Waals surface area contributed by atoms with Crippen LogP contribution in [0.15, 0.2) is 66.7 Å². The summed E-state index contributed by atoms with van der Waals surface area (Å²) in [6, 6.07) is 21.1. The van der Waals surface area contributed by atoms with Crippen molar-refractivity contribution in [2.75, 3.05) is 6.54 Å². The molecular formula is C32H33N3O4. The van der Waals surface area contributed by atoms with E-state index in [1.165, 1.54) is 5.56 Å². The van der Waals surface area contributed by atoms with Crippen molar-refractivity contribution < 1.29 is 19.5 Å². The third kappa shape index (κ3) is 5.26. The fourth-order valence-corrected chi connectivity index (χ4v) is 5.69. The average molecular weight is 524 g/mol. The molecule has 39 heavy (non-hydrogen) atoms. The molecule has 1 heterocycles. The summed E-state index contributed by atoms with van der Waals surface area (Å²) in [6.45, 7) is 3.49. The van der Waals surface area contributed by atoms with Crippen molar-refractivity contribution in [3.63, 3.8) is 0 Å². The molecule has 3 aliphatic rings. The molecule has 3 aromatic rings. The number of amides is 3. The van der Waals surface area contributed by atoms with Crippen molar-refractivity contribution in [2.24, 2.45) is 5.92 Å². The van der Waals surface area contributed by atoms with Gasteiger partial charge in [0.05, 0.1) is 5.56 Å². The van der Waals surface area contributed by atoms with E-state index in [0.717, 1.165) is 47.1 Å². The molecule has 0 bridgehead atoms. The van der Waals surface area contributed by atoms with Gasteiger partial charge in [0.1, 0.15) is 0 Å². The summed E-state index contributed by atoms with van der Waals surface area (Å²) >= 11 is 0. The Labute approximate surface area is 228 Å². The molecule has 3 aromatic carbocycles. The number of carboxylic acid groups (broad SMARTS) is 1. The fraction of sp³-hybridized carbons (Fsp3) is 0.344. The van der Waals surface area contributed by atoms with Crippen LogP contribution in [0, 0.1) is 5.92 Å². The lowest BCUT2D eigenvalue weighted by atomic mass is 9.87. The van der Waals surface area contributed by atoms with Gasteiger partial charge in [0.15, 0.2) is 0 Å². The van der Waals surface area contributed by atoms with Gasteiger partial charge in [0.25, 0.3) is 0 Å². The van der Waals surface area contributed by atoms with E-state index in [1.807, 2.05) is 41.3 Å². The quantitative estimate of drug-likeness (QED) is 0.402. The maximum absolute atomic E-state index is 13.1. The highest BCUT2D eigenvalue weighted by molar-refractivity contribution is 5.90. The van der Waals surface area contributed by atoms with Gasteiger partial charge in [-0.1, -0.05) is 54.6 Å². The first-order valence-corrected chi connectivity index (χ1v) is 13.7. The molecule has 3 N–H and O–H groups in total. The number of hydrogen-bond acceptors (Lipinski definition) is 3. The predicted octanol–water partition coefficient (Wildman–Crippen LogP) is 5.09. The van der Waals surface area contributed by atoms with Crippen molar-refractivity contribution in [3.8, 4) is 11.1 Å². The summed E-state index contributed by atoms with van der Waals surface area (Å²) in [5.74, 6) is -0.645. The van der Waals surface area contributed by atoms with Crippen LogP contribution < -0.4 is 10.6 Å². The zero-order valence-electron chi connectivity index (χ0n) is 22.1. The van der Waals surface area contributed by atoms with E-state index in [2.05, 4.69) is 29.7 Å². The number of nitrogens with one attached hydrogen (secondary N) is 2. The van der Waals surface area contributed by atoms with E-state index in [-0.39, 0.29) is 34.9 Å². The lowest BCUT2D eigenvalue weighted by Crippen LogP contribution is -2.47. The summed E-state index contributed by atoms with van der Waals surface area (Å²) in [6.07, 6.45) is 3.51. The molecule has 6 rings (SSSR count). The number of benzene rings is 3. The first kappa shape index (κ1) is 25.2. The van der Waals surface area contributed by atoms with Crippen molar-refractivity contribution in [1.82, 2.24) is 15.5 Å². The van der Waals surface area contributed by atoms with Crippen LogP contribution in [0.1, 0.15) is 64.7 Å². The van der Waals surface area contributed by atoms with Crippen molar-refractivity contribution in [1.29, 1.82) is 0 Å². The minimum absolute atomic E-state index is 0.0113. The maximum Gasteiger partial charge on any atom is 0.335 e. The SMILES string of the molecule is CC1(NC(=O)N2CCc3c(-c4cccc(C(=O)O)c4)ccc(CNC(=O)C4CC4c4ccccc4)c3C2)CC1. The van der Waals surface area contributed by atoms with E-state index in [4.69, 9.17) is 0 Å². The molecule has 2 fully saturated rings. The second-order valence-electron chi connectivity index (χ2n) is 11.4. The number of carboxylic acids is 1. The van der Waals surface area contributed by atoms with Gasteiger partial charge in [-0.25, -0.2) is 9.59 Å². The van der Waals surface area contributed by atoms with Crippen LogP contribution in [0.4, 0.5) is 4.79 Å². The Bertz CT molecular complexity index is 1450. The second-order valence-corrected chi connectivity index (χ2v) is 11.4. The molecule has 2 aliphatic carbocycles. The Hall–Kier alpha value is -4.13. The third-order valence-electron chi connectivity index (χ3n) is 8.43. The minimum Gasteiger partial charge on any atom is -0.478 e. The predicted molar refractivity (Wildman–Crippen MR) is 148 cm³/mol. The van der Waals surface area contributed by atoms with Crippen LogP contribution in [-0.2, 0) is 24.3 Å². The van der Waals surface area contributed by atoms with Crippen LogP contribution in [0.5, 0.6) is 0 Å². The molecule has 7 heteroatoms. The summed E-state index contributed by atoms with van der Waals surface area (Å²) < 4.78 is 0. The first-order valence-electron chi connectivity index (χ1n) is 13.7. The highest BCUT2D eigenvalue weighted by atomic mass is 16.4. The lowest BCUT2D eigenvalue weighted by molar-refractivity contribution is -0.122. The fourth-order valence-electron chi connectivity index (χ4n) is 5.69. The van der Waals surface area contributed by atoms with Crippen LogP contribution >= 0.6 is 0 Å². The van der Waals surface area contributed by atoms with E-state index in [9.17, 15) is 19.5 Å². The van der Waals surface area contributed by atoms with Gasteiger partial charge in [0, 0.05) is 31.1 Å². The molecule has 7 nitrogen and oxygen atoms in total. The van der Waals surface area contributed by atoms with Gasteiger partial charge in [-0.3, -0.25) is 4.79 Å². The number of nitrogens with zero attached hydrogens (tertiary/aromatic N) is 1. The van der Waals surface area contributed by atoms with Gasteiger partial charge in [-0.05, 0) is 84.0 Å². The van der Waals surface area contributed by atoms with Crippen molar-refractivity contribution >= 4 is 17.9 Å². The summed E-state index contributed by atoms with van der Waals surface area (Å²) in [7, 11) is 0. The second kappa shape index (κ2) is 9.88. The van der Waals surface area contributed by atoms with E-state index in [0.29, 0.717) is 26.1 Å². The van der Waals surface area contributed by atoms with Gasteiger partial charge in [-0.15, -0.1) is 0 Å². The highest BCUT2D eigenvalue weighted by Gasteiger charge is 2.44. The van der Waals surface area contributed by atoms with Crippen LogP contribution in [0.2, 0.25) is 0 Å². The van der Waals surface area contributed by atoms with Gasteiger partial charge in [-0.2, -0.15) is 0 Å². The highest BCUT2D eigenvalue weighted by Crippen LogP contribution is 2.47. The van der Waals surface area contributed by atoms with Crippen molar-refractivity contribution in [2.45, 2.75) is 57.2 Å². The number of rotatable bonds is 7. The number of hydrogen-bond donors (Lipinski definition) is 3. The van der Waals surface area contributed by atoms with Crippen LogP contribution in [0.3, 0.4) is 0 Å². The standard InChI is InChI=1S/C32H33N3O4/c1-32(13-14-32)34-31(39)35-15-12-25-24(21-8-5-9-22(16-21)30(37)38)11-10-23(28(25)19-35)18-33-29(36)27-17-26(27)20-6-3-2-4-7-20/h2-11,16,26-27H,12-15,17-19H2,1H3,(H,33,36)(H,34,39)(H,37,38). The Balaban J connectivity index is 1.25. The Morgan fingerprint density at radius 1 is 1.00 bits per heavy atom. The van der Waals surface area contributed by atoms with Gasteiger partial charge < -0.3 is 20.6 Å². The molecule has 200 valence electrons. The Kier molecular flexibility index (Phi) is 6.37. The zero-order valence-corrected chi connectivity index (χ0v) is 22.1. The molecule has 0 aromatic heterocycles. The average Bonchev–Trinajstić information content (AvgIpc) is 3.89. The lowest BCUT2D eigenvalue weighted by Gasteiger charge is -2.33. The zero-order chi connectivity index (χ0) is 27.1. The number of urea groups is 1. The normalized spacial score (nSPS) is 20.5. The monoisotopic (exact) mass is 523 g/mol. The molecule has 2 atom stereocenters. The van der Waals surface area contributed by atoms with E-state index < -0.39 is 5.97 Å². The van der Waals surface area contributed by atoms with Gasteiger partial charge >= 0.3 is 12.0 Å². The third-order valence-corrected chi connectivity index (χ3v) is 8.43. The molecule has 0 spiro atoms. The first-order chi connectivity index (χ1) is 18.8. The van der Waals surface area contributed by atoms with E-state index >= 15 is 0 Å². The maximum atomic E-state index is 13.1. The molecule has 2 saturated carbocycles. The summed E-state index contributed by atoms with van der Waals surface area (Å²) in [5.41, 5.74) is 6.29. The van der Waals surface area contributed by atoms with E-state index in [1.54, 1.807) is 18.2 Å². The molecule has 0 radical (unpaired) electrons. The smallest absolute Gasteiger partial charge is 0.335 e. The minimum atomic E-state index is -0.963. The number of fused-ring (bicyclic) bond motifs is 1. The number of carbonyl (C=O) groups excluding carboxylic acids is 2. The van der Waals surface area contributed by atoms with Crippen LogP contribution in [0.25, 0.3) is 11.1 Å². The van der Waals surface area contributed by atoms with Crippen molar-refractivity contribution in [3.05, 3.63) is 94.5 Å². The molecule has 2 unspecified atom stereocenters. The number of carbonyl (C=O) groups is 3. The Morgan fingerprint density at radius 2 is 1.79 bits per heavy atom. The molecule has 3 amide bonds. The molecular weight excluding hydrogens is 490 g/mol. The Morgan fingerprint density at radius 3 is 2.54 bits per heavy atom. The molecule has 0 saturated heterocycles. The largest absolute Gasteiger partial charge is 0.478 e. The summed E-state index contributed by atoms with van der Waals surface area (Å²) in [4.78, 5) is 39.5. The van der Waals surface area contributed by atoms with Crippen LogP contribution in [-0.4, -0.2) is 40.0 Å². The summed E-state index contributed by atoms with van der Waals surface area (Å²) in [5, 5.41) is 15.8.